The van der Waals surface area contributed by atoms with Crippen molar-refractivity contribution in [1.82, 2.24) is 0 Å². The van der Waals surface area contributed by atoms with Crippen molar-refractivity contribution in [3.63, 3.8) is 0 Å². The molecule has 0 amide bonds. The van der Waals surface area contributed by atoms with E-state index in [-0.39, 0.29) is 5.56 Å². The van der Waals surface area contributed by atoms with Crippen LogP contribution in [0.25, 0.3) is 11.1 Å². The van der Waals surface area contributed by atoms with Crippen molar-refractivity contribution in [2.75, 3.05) is 11.9 Å². The number of ether oxygens (including phenoxy) is 1. The fraction of sp³-hybridized carbons (Fsp3) is 0.462. The second kappa shape index (κ2) is 14.8. The van der Waals surface area contributed by atoms with E-state index in [2.05, 4.69) is 15.9 Å². The molecule has 0 aliphatic carbocycles. The van der Waals surface area contributed by atoms with E-state index >= 15 is 0 Å². The van der Waals surface area contributed by atoms with E-state index in [4.69, 9.17) is 4.74 Å². The number of carboxylic acids is 1. The van der Waals surface area contributed by atoms with Gasteiger partial charge in [0.05, 0.1) is 12.2 Å². The van der Waals surface area contributed by atoms with Crippen LogP contribution in [0.2, 0.25) is 0 Å². The van der Waals surface area contributed by atoms with Gasteiger partial charge < -0.3 is 9.84 Å². The molecule has 5 heteroatoms. The number of aromatic carboxylic acids is 1. The maximum absolute atomic E-state index is 11.6. The predicted molar refractivity (Wildman–Crippen MR) is 130 cm³/mol. The van der Waals surface area contributed by atoms with Crippen LogP contribution in [0.4, 0.5) is 0 Å². The molecular weight excluding hydrogens is 456 g/mol. The van der Waals surface area contributed by atoms with E-state index < -0.39 is 5.97 Å². The van der Waals surface area contributed by atoms with Crippen LogP contribution in [-0.2, 0) is 0 Å². The van der Waals surface area contributed by atoms with E-state index in [9.17, 15) is 14.7 Å². The molecule has 4 nitrogen and oxygen atoms in total. The average molecular weight is 489 g/mol. The molecule has 2 aromatic carbocycles. The summed E-state index contributed by atoms with van der Waals surface area (Å²) in [6.07, 6.45) is 13.4. The number of carboxylic acid groups (broad SMARTS) is 1. The first-order valence-electron chi connectivity index (χ1n) is 11.3. The van der Waals surface area contributed by atoms with Gasteiger partial charge in [0.1, 0.15) is 12.0 Å². The molecular formula is C26H33BrO4. The second-order valence-electron chi connectivity index (χ2n) is 7.83. The number of alkyl halides is 1. The first-order valence-corrected chi connectivity index (χ1v) is 12.4. The molecule has 31 heavy (non-hydrogen) atoms. The summed E-state index contributed by atoms with van der Waals surface area (Å²) in [5.41, 5.74) is 2.13. The van der Waals surface area contributed by atoms with Crippen LogP contribution in [-0.4, -0.2) is 29.3 Å². The molecule has 0 spiro atoms. The van der Waals surface area contributed by atoms with Gasteiger partial charge in [-0.15, -0.1) is 0 Å². The van der Waals surface area contributed by atoms with E-state index in [1.165, 1.54) is 51.4 Å². The van der Waals surface area contributed by atoms with Crippen molar-refractivity contribution in [3.8, 4) is 16.9 Å². The van der Waals surface area contributed by atoms with Crippen LogP contribution in [0.5, 0.6) is 5.75 Å². The Balaban J connectivity index is 1.74. The minimum Gasteiger partial charge on any atom is -0.494 e. The lowest BCUT2D eigenvalue weighted by Gasteiger charge is -2.11. The molecule has 2 rings (SSSR count). The lowest BCUT2D eigenvalue weighted by atomic mass is 9.98. The SMILES string of the molecule is O=Cc1ccc(-c2cc(OCCCCCCCCCCCCBr)ccc2C(=O)O)cc1. The number of unbranched alkanes of at least 4 members (excludes halogenated alkanes) is 9. The Hall–Kier alpha value is -2.14. The fourth-order valence-corrected chi connectivity index (χ4v) is 3.98. The van der Waals surface area contributed by atoms with Crippen molar-refractivity contribution < 1.29 is 19.4 Å². The van der Waals surface area contributed by atoms with Crippen LogP contribution in [0.1, 0.15) is 84.9 Å². The van der Waals surface area contributed by atoms with Gasteiger partial charge in [0.2, 0.25) is 0 Å². The molecule has 0 bridgehead atoms. The third kappa shape index (κ3) is 9.26. The zero-order valence-electron chi connectivity index (χ0n) is 18.2. The minimum absolute atomic E-state index is 0.221. The highest BCUT2D eigenvalue weighted by molar-refractivity contribution is 9.09. The summed E-state index contributed by atoms with van der Waals surface area (Å²) in [6, 6.07) is 12.0. The van der Waals surface area contributed by atoms with E-state index in [0.29, 0.717) is 23.5 Å². The van der Waals surface area contributed by atoms with E-state index in [0.717, 1.165) is 30.0 Å². The smallest absolute Gasteiger partial charge is 0.336 e. The summed E-state index contributed by atoms with van der Waals surface area (Å²) in [4.78, 5) is 22.5. The van der Waals surface area contributed by atoms with Gasteiger partial charge >= 0.3 is 5.97 Å². The van der Waals surface area contributed by atoms with Gasteiger partial charge in [0.25, 0.3) is 0 Å². The van der Waals surface area contributed by atoms with Gasteiger partial charge in [-0.25, -0.2) is 4.79 Å². The van der Waals surface area contributed by atoms with Crippen molar-refractivity contribution >= 4 is 28.2 Å². The number of hydrogen-bond donors (Lipinski definition) is 1. The lowest BCUT2D eigenvalue weighted by Crippen LogP contribution is -2.02. The Kier molecular flexibility index (Phi) is 12.0. The molecule has 0 unspecified atom stereocenters. The number of benzene rings is 2. The monoisotopic (exact) mass is 488 g/mol. The molecule has 0 saturated carbocycles. The molecule has 0 heterocycles. The number of hydrogen-bond acceptors (Lipinski definition) is 3. The Bertz CT molecular complexity index is 802. The van der Waals surface area contributed by atoms with Gasteiger partial charge in [-0.1, -0.05) is 91.6 Å². The first-order chi connectivity index (χ1) is 15.2. The van der Waals surface area contributed by atoms with Gasteiger partial charge in [-0.2, -0.15) is 0 Å². The normalized spacial score (nSPS) is 10.7. The summed E-state index contributed by atoms with van der Waals surface area (Å²) in [7, 11) is 0. The number of carbonyl (C=O) groups excluding carboxylic acids is 1. The topological polar surface area (TPSA) is 63.6 Å². The quantitative estimate of drug-likeness (QED) is 0.150. The number of carbonyl (C=O) groups is 2. The van der Waals surface area contributed by atoms with Crippen molar-refractivity contribution in [3.05, 3.63) is 53.6 Å². The molecule has 0 aliphatic rings. The van der Waals surface area contributed by atoms with Crippen LogP contribution < -0.4 is 4.74 Å². The molecule has 0 aromatic heterocycles. The maximum Gasteiger partial charge on any atom is 0.336 e. The average Bonchev–Trinajstić information content (AvgIpc) is 2.79. The maximum atomic E-state index is 11.6. The Labute approximate surface area is 194 Å². The molecule has 0 saturated heterocycles. The summed E-state index contributed by atoms with van der Waals surface area (Å²) in [5.74, 6) is -0.313. The number of rotatable bonds is 16. The summed E-state index contributed by atoms with van der Waals surface area (Å²) < 4.78 is 5.88. The zero-order chi connectivity index (χ0) is 22.3. The highest BCUT2D eigenvalue weighted by Gasteiger charge is 2.13. The molecule has 1 N–H and O–H groups in total. The third-order valence-corrected chi connectivity index (χ3v) is 5.94. The van der Waals surface area contributed by atoms with Gasteiger partial charge in [0, 0.05) is 10.9 Å². The fourth-order valence-electron chi connectivity index (χ4n) is 3.58. The molecule has 168 valence electrons. The number of aldehydes is 1. The largest absolute Gasteiger partial charge is 0.494 e. The van der Waals surface area contributed by atoms with Crippen LogP contribution >= 0.6 is 15.9 Å². The highest BCUT2D eigenvalue weighted by atomic mass is 79.9. The van der Waals surface area contributed by atoms with E-state index in [1.807, 2.05) is 0 Å². The molecule has 0 radical (unpaired) electrons. The third-order valence-electron chi connectivity index (χ3n) is 5.38. The molecule has 0 atom stereocenters. The van der Waals surface area contributed by atoms with Crippen LogP contribution in [0, 0.1) is 0 Å². The summed E-state index contributed by atoms with van der Waals surface area (Å²) in [6.45, 7) is 0.627. The number of halogens is 1. The van der Waals surface area contributed by atoms with Crippen LogP contribution in [0.15, 0.2) is 42.5 Å². The van der Waals surface area contributed by atoms with Crippen molar-refractivity contribution in [1.29, 1.82) is 0 Å². The van der Waals surface area contributed by atoms with Crippen molar-refractivity contribution in [2.45, 2.75) is 64.2 Å². The predicted octanol–water partition coefficient (Wildman–Crippen LogP) is 7.54. The Morgan fingerprint density at radius 2 is 1.42 bits per heavy atom. The van der Waals surface area contributed by atoms with E-state index in [1.54, 1.807) is 42.5 Å². The van der Waals surface area contributed by atoms with Gasteiger partial charge in [-0.05, 0) is 42.2 Å². The summed E-state index contributed by atoms with van der Waals surface area (Å²) >= 11 is 3.47. The minimum atomic E-state index is -0.982. The van der Waals surface area contributed by atoms with Crippen LogP contribution in [0.3, 0.4) is 0 Å². The summed E-state index contributed by atoms with van der Waals surface area (Å²) in [5, 5.41) is 10.6. The zero-order valence-corrected chi connectivity index (χ0v) is 19.7. The standard InChI is InChI=1S/C26H33BrO4/c27-17-9-7-5-3-1-2-4-6-8-10-18-31-23-15-16-24(26(29)30)25(19-23)22-13-11-21(20-28)12-14-22/h11-16,19-20H,1-10,17-18H2,(H,29,30). The molecule has 0 fully saturated rings. The lowest BCUT2D eigenvalue weighted by molar-refractivity contribution is 0.0697. The Morgan fingerprint density at radius 3 is 1.97 bits per heavy atom. The molecule has 0 aliphatic heterocycles. The van der Waals surface area contributed by atoms with Gasteiger partial charge in [-0.3, -0.25) is 4.79 Å². The Morgan fingerprint density at radius 1 is 0.839 bits per heavy atom. The molecule has 2 aromatic rings. The highest BCUT2D eigenvalue weighted by Crippen LogP contribution is 2.28. The first kappa shape index (κ1) is 25.1. The second-order valence-corrected chi connectivity index (χ2v) is 8.62. The van der Waals surface area contributed by atoms with Crippen molar-refractivity contribution in [2.24, 2.45) is 0 Å². The van der Waals surface area contributed by atoms with Gasteiger partial charge in [0.15, 0.2) is 0 Å².